The van der Waals surface area contributed by atoms with Gasteiger partial charge in [0.1, 0.15) is 5.75 Å². The molecule has 0 radical (unpaired) electrons. The molecule has 3 aromatic carbocycles. The molecule has 1 aliphatic heterocycles. The normalized spacial score (nSPS) is 15.1. The molecule has 8 heteroatoms. The Morgan fingerprint density at radius 3 is 2.17 bits per heavy atom. The number of methoxy groups -OCH3 is 1. The minimum absolute atomic E-state index is 0. The van der Waals surface area contributed by atoms with Crippen LogP contribution in [0.5, 0.6) is 5.75 Å². The van der Waals surface area contributed by atoms with E-state index in [1.54, 1.807) is 36.3 Å². The van der Waals surface area contributed by atoms with Crippen molar-refractivity contribution in [2.75, 3.05) is 25.5 Å². The maximum Gasteiger partial charge on any atom is 0.266 e. The van der Waals surface area contributed by atoms with Gasteiger partial charge in [-0.2, -0.15) is 0 Å². The van der Waals surface area contributed by atoms with E-state index >= 15 is 0 Å². The van der Waals surface area contributed by atoms with Gasteiger partial charge in [-0.3, -0.25) is 19.5 Å². The Morgan fingerprint density at radius 1 is 0.944 bits per heavy atom. The number of amides is 2. The molecule has 2 amide bonds. The lowest BCUT2D eigenvalue weighted by Gasteiger charge is -2.15. The van der Waals surface area contributed by atoms with Crippen LogP contribution in [-0.4, -0.2) is 42.1 Å². The largest absolute Gasteiger partial charge is 0.497 e. The van der Waals surface area contributed by atoms with Gasteiger partial charge in [-0.1, -0.05) is 60.7 Å². The summed E-state index contributed by atoms with van der Waals surface area (Å²) in [6.07, 6.45) is 2.84. The molecule has 0 bridgehead atoms. The summed E-state index contributed by atoms with van der Waals surface area (Å²) in [5, 5.41) is 3.43. The predicted octanol–water partition coefficient (Wildman–Crippen LogP) is 5.51. The van der Waals surface area contributed by atoms with Gasteiger partial charge in [0.25, 0.3) is 5.91 Å². The second-order valence-electron chi connectivity index (χ2n) is 7.92. The minimum Gasteiger partial charge on any atom is -0.497 e. The van der Waals surface area contributed by atoms with E-state index in [4.69, 9.17) is 9.73 Å². The van der Waals surface area contributed by atoms with Crippen molar-refractivity contribution in [2.45, 2.75) is 12.8 Å². The van der Waals surface area contributed by atoms with Crippen molar-refractivity contribution in [2.24, 2.45) is 4.99 Å². The third kappa shape index (κ3) is 7.57. The number of aliphatic imine (C=N–C) groups is 1. The van der Waals surface area contributed by atoms with Crippen LogP contribution in [0, 0.1) is 0 Å². The molecule has 1 aliphatic rings. The summed E-state index contributed by atoms with van der Waals surface area (Å²) in [4.78, 5) is 32.6. The Bertz CT molecular complexity index is 1220. The van der Waals surface area contributed by atoms with Crippen LogP contribution in [-0.2, 0) is 22.4 Å². The highest BCUT2D eigenvalue weighted by Gasteiger charge is 2.33. The topological polar surface area (TPSA) is 71.0 Å². The van der Waals surface area contributed by atoms with E-state index in [9.17, 15) is 9.59 Å². The second kappa shape index (κ2) is 13.7. The zero-order valence-electron chi connectivity index (χ0n) is 19.9. The molecule has 1 heterocycles. The number of thioether (sulfide) groups is 1. The van der Waals surface area contributed by atoms with Crippen molar-refractivity contribution in [3.05, 3.63) is 107 Å². The molecule has 1 fully saturated rings. The average molecular weight is 567 g/mol. The van der Waals surface area contributed by atoms with Gasteiger partial charge in [-0.05, 0) is 60.0 Å². The molecule has 186 valence electrons. The molecule has 0 unspecified atom stereocenters. The summed E-state index contributed by atoms with van der Waals surface area (Å²) in [6, 6.07) is 27.2. The van der Waals surface area contributed by atoms with E-state index in [-0.39, 0.29) is 28.8 Å². The average Bonchev–Trinajstić information content (AvgIpc) is 3.18. The number of carbonyl (C=O) groups is 2. The van der Waals surface area contributed by atoms with Crippen molar-refractivity contribution >= 4 is 51.4 Å². The van der Waals surface area contributed by atoms with Crippen molar-refractivity contribution < 1.29 is 14.3 Å². The number of rotatable bonds is 9. The highest BCUT2D eigenvalue weighted by molar-refractivity contribution is 8.93. The number of anilines is 1. The fourth-order valence-electron chi connectivity index (χ4n) is 3.61. The second-order valence-corrected chi connectivity index (χ2v) is 8.93. The van der Waals surface area contributed by atoms with Gasteiger partial charge < -0.3 is 10.1 Å². The monoisotopic (exact) mass is 565 g/mol. The van der Waals surface area contributed by atoms with Crippen LogP contribution in [0.25, 0.3) is 0 Å². The van der Waals surface area contributed by atoms with Crippen molar-refractivity contribution in [3.8, 4) is 5.75 Å². The van der Waals surface area contributed by atoms with Crippen LogP contribution in [0.3, 0.4) is 0 Å². The molecule has 0 saturated carbocycles. The van der Waals surface area contributed by atoms with E-state index < -0.39 is 0 Å². The summed E-state index contributed by atoms with van der Waals surface area (Å²) in [6.45, 7) is 1.06. The third-order valence-corrected chi connectivity index (χ3v) is 6.51. The van der Waals surface area contributed by atoms with Gasteiger partial charge in [0, 0.05) is 24.9 Å². The molecule has 6 nitrogen and oxygen atoms in total. The van der Waals surface area contributed by atoms with Crippen molar-refractivity contribution in [1.29, 1.82) is 0 Å². The molecule has 1 N–H and O–H groups in total. The Morgan fingerprint density at radius 2 is 1.56 bits per heavy atom. The van der Waals surface area contributed by atoms with Crippen LogP contribution in [0.2, 0.25) is 0 Å². The van der Waals surface area contributed by atoms with E-state index in [0.717, 1.165) is 12.0 Å². The SMILES string of the molecule is Br.COc1ccc(NC(=O)/C=C2\SC(=NCCc3ccccc3)N(CCc3ccccc3)C2=O)cc1. The number of nitrogens with one attached hydrogen (secondary N) is 1. The molecular formula is C28H28BrN3O3S. The number of ether oxygens (including phenoxy) is 1. The smallest absolute Gasteiger partial charge is 0.266 e. The number of halogens is 1. The van der Waals surface area contributed by atoms with Crippen LogP contribution < -0.4 is 10.1 Å². The summed E-state index contributed by atoms with van der Waals surface area (Å²) in [5.74, 6) is 0.141. The molecule has 1 saturated heterocycles. The predicted molar refractivity (Wildman–Crippen MR) is 152 cm³/mol. The van der Waals surface area contributed by atoms with Crippen LogP contribution >= 0.6 is 28.7 Å². The highest BCUT2D eigenvalue weighted by atomic mass is 79.9. The van der Waals surface area contributed by atoms with E-state index in [2.05, 4.69) is 17.4 Å². The first-order chi connectivity index (χ1) is 17.1. The summed E-state index contributed by atoms with van der Waals surface area (Å²) in [5.41, 5.74) is 2.96. The lowest BCUT2D eigenvalue weighted by atomic mass is 10.1. The van der Waals surface area contributed by atoms with E-state index in [1.807, 2.05) is 48.5 Å². The van der Waals surface area contributed by atoms with Gasteiger partial charge in [0.05, 0.1) is 12.0 Å². The van der Waals surface area contributed by atoms with Crippen LogP contribution in [0.4, 0.5) is 5.69 Å². The van der Waals surface area contributed by atoms with Gasteiger partial charge in [0.2, 0.25) is 5.91 Å². The maximum absolute atomic E-state index is 13.2. The van der Waals surface area contributed by atoms with E-state index in [0.29, 0.717) is 41.0 Å². The molecule has 0 aliphatic carbocycles. The Balaban J connectivity index is 0.00000361. The maximum atomic E-state index is 13.2. The van der Waals surface area contributed by atoms with Gasteiger partial charge in [-0.15, -0.1) is 17.0 Å². The van der Waals surface area contributed by atoms with Crippen LogP contribution in [0.15, 0.2) is 101 Å². The van der Waals surface area contributed by atoms with Crippen molar-refractivity contribution in [3.63, 3.8) is 0 Å². The van der Waals surface area contributed by atoms with Gasteiger partial charge >= 0.3 is 0 Å². The number of carbonyl (C=O) groups excluding carboxylic acids is 2. The lowest BCUT2D eigenvalue weighted by Crippen LogP contribution is -2.31. The molecule has 36 heavy (non-hydrogen) atoms. The van der Waals surface area contributed by atoms with Crippen LogP contribution in [0.1, 0.15) is 11.1 Å². The Labute approximate surface area is 226 Å². The fraction of sp³-hybridized carbons (Fsp3) is 0.179. The molecule has 0 atom stereocenters. The van der Waals surface area contributed by atoms with Crippen molar-refractivity contribution in [1.82, 2.24) is 4.90 Å². The minimum atomic E-state index is -0.362. The van der Waals surface area contributed by atoms with Gasteiger partial charge in [-0.25, -0.2) is 0 Å². The highest BCUT2D eigenvalue weighted by Crippen LogP contribution is 2.31. The standard InChI is InChI=1S/C28H27N3O3S.BrH/c1-34-24-14-12-23(13-15-24)30-26(32)20-25-27(33)31(19-17-22-10-6-3-7-11-22)28(35-25)29-18-16-21-8-4-2-5-9-21;/h2-15,20H,16-19H2,1H3,(H,30,32);1H/b25-20-,29-28?;. The first-order valence-electron chi connectivity index (χ1n) is 11.4. The quantitative estimate of drug-likeness (QED) is 0.347. The van der Waals surface area contributed by atoms with E-state index in [1.165, 1.54) is 23.4 Å². The summed E-state index contributed by atoms with van der Waals surface area (Å²) in [7, 11) is 1.59. The Kier molecular flexibility index (Phi) is 10.3. The lowest BCUT2D eigenvalue weighted by molar-refractivity contribution is -0.122. The molecule has 0 spiro atoms. The first kappa shape index (κ1) is 27.2. The number of hydrogen-bond donors (Lipinski definition) is 1. The molecule has 3 aromatic rings. The number of hydrogen-bond acceptors (Lipinski definition) is 5. The fourth-order valence-corrected chi connectivity index (χ4v) is 4.61. The summed E-state index contributed by atoms with van der Waals surface area (Å²) < 4.78 is 5.14. The third-order valence-electron chi connectivity index (χ3n) is 5.47. The first-order valence-corrected chi connectivity index (χ1v) is 12.2. The summed E-state index contributed by atoms with van der Waals surface area (Å²) >= 11 is 1.25. The zero-order chi connectivity index (χ0) is 24.5. The zero-order valence-corrected chi connectivity index (χ0v) is 22.5. The molecule has 0 aromatic heterocycles. The van der Waals surface area contributed by atoms with Gasteiger partial charge in [0.15, 0.2) is 5.17 Å². The molecule has 4 rings (SSSR count). The number of amidine groups is 1. The Hall–Kier alpha value is -3.36. The number of benzene rings is 3. The molecular weight excluding hydrogens is 538 g/mol. The number of nitrogens with zero attached hydrogens (tertiary/aromatic N) is 2.